The predicted molar refractivity (Wildman–Crippen MR) is 152 cm³/mol. The van der Waals surface area contributed by atoms with Crippen molar-refractivity contribution in [2.45, 2.75) is 31.3 Å². The highest BCUT2D eigenvalue weighted by molar-refractivity contribution is 9.10. The zero-order valence-electron chi connectivity index (χ0n) is 21.2. The summed E-state index contributed by atoms with van der Waals surface area (Å²) in [5.74, 6) is -0.540. The summed E-state index contributed by atoms with van der Waals surface area (Å²) in [6.45, 7) is 3.34. The van der Waals surface area contributed by atoms with Crippen molar-refractivity contribution in [1.82, 2.24) is 10.2 Å². The van der Waals surface area contributed by atoms with Gasteiger partial charge in [0.05, 0.1) is 22.7 Å². The molecule has 0 saturated heterocycles. The van der Waals surface area contributed by atoms with E-state index in [-0.39, 0.29) is 28.1 Å². The number of likely N-dealkylation sites (N-methyl/N-ethyl adjacent to an activating group) is 1. The Labute approximate surface area is 236 Å². The molecule has 0 unspecified atom stereocenters. The molecule has 3 aromatic rings. The van der Waals surface area contributed by atoms with Crippen LogP contribution in [0.2, 0.25) is 5.02 Å². The van der Waals surface area contributed by atoms with Crippen molar-refractivity contribution in [2.24, 2.45) is 0 Å². The number of carbonyl (C=O) groups is 2. The van der Waals surface area contributed by atoms with E-state index in [0.29, 0.717) is 12.3 Å². The van der Waals surface area contributed by atoms with Crippen molar-refractivity contribution in [1.29, 1.82) is 0 Å². The van der Waals surface area contributed by atoms with E-state index in [9.17, 15) is 18.0 Å². The standard InChI is InChI=1S/C27H29BrClN3O5S/c1-4-30-27(34)19(2)31(17-20-10-12-21(28)13-11-20)26(33)18-32(22-14-15-25(37-3)24(29)16-22)38(35,36)23-8-6-5-7-9-23/h5-16,19H,4,17-18H2,1-3H3,(H,30,34)/t19-/m0/s1. The second-order valence-corrected chi connectivity index (χ2v) is 11.5. The second kappa shape index (κ2) is 13.1. The number of nitrogens with zero attached hydrogens (tertiary/aromatic N) is 2. The molecule has 0 bridgehead atoms. The predicted octanol–water partition coefficient (Wildman–Crippen LogP) is 4.86. The average Bonchev–Trinajstić information content (AvgIpc) is 2.91. The number of halogens is 2. The van der Waals surface area contributed by atoms with Gasteiger partial charge in [0.2, 0.25) is 11.8 Å². The fourth-order valence-electron chi connectivity index (χ4n) is 3.75. The lowest BCUT2D eigenvalue weighted by atomic mass is 10.1. The van der Waals surface area contributed by atoms with Crippen molar-refractivity contribution in [3.05, 3.63) is 87.9 Å². The molecule has 0 aliphatic carbocycles. The molecule has 0 spiro atoms. The van der Waals surface area contributed by atoms with E-state index in [1.807, 2.05) is 24.3 Å². The van der Waals surface area contributed by atoms with Gasteiger partial charge in [0.1, 0.15) is 18.3 Å². The van der Waals surface area contributed by atoms with E-state index in [1.54, 1.807) is 32.0 Å². The summed E-state index contributed by atoms with van der Waals surface area (Å²) in [7, 11) is -2.72. The van der Waals surface area contributed by atoms with E-state index in [1.165, 1.54) is 42.3 Å². The van der Waals surface area contributed by atoms with Gasteiger partial charge in [0, 0.05) is 17.6 Å². The molecule has 3 aromatic carbocycles. The highest BCUT2D eigenvalue weighted by atomic mass is 79.9. The minimum Gasteiger partial charge on any atom is -0.495 e. The fourth-order valence-corrected chi connectivity index (χ4v) is 5.69. The Morgan fingerprint density at radius 1 is 1.05 bits per heavy atom. The van der Waals surface area contributed by atoms with Crippen LogP contribution in [0.4, 0.5) is 5.69 Å². The summed E-state index contributed by atoms with van der Waals surface area (Å²) in [6.07, 6.45) is 0. The minimum atomic E-state index is -4.17. The number of methoxy groups -OCH3 is 1. The number of benzene rings is 3. The van der Waals surface area contributed by atoms with Gasteiger partial charge >= 0.3 is 0 Å². The molecule has 202 valence electrons. The zero-order valence-corrected chi connectivity index (χ0v) is 24.4. The summed E-state index contributed by atoms with van der Waals surface area (Å²) >= 11 is 9.71. The molecule has 1 N–H and O–H groups in total. The van der Waals surface area contributed by atoms with E-state index in [2.05, 4.69) is 21.2 Å². The number of carbonyl (C=O) groups excluding carboxylic acids is 2. The van der Waals surface area contributed by atoms with Crippen molar-refractivity contribution in [3.63, 3.8) is 0 Å². The third-order valence-electron chi connectivity index (χ3n) is 5.82. The number of hydrogen-bond donors (Lipinski definition) is 1. The van der Waals surface area contributed by atoms with Crippen LogP contribution < -0.4 is 14.4 Å². The molecule has 38 heavy (non-hydrogen) atoms. The van der Waals surface area contributed by atoms with Crippen LogP contribution in [0, 0.1) is 0 Å². The van der Waals surface area contributed by atoms with E-state index in [0.717, 1.165) is 14.3 Å². The van der Waals surface area contributed by atoms with Gasteiger partial charge in [0.15, 0.2) is 0 Å². The largest absolute Gasteiger partial charge is 0.495 e. The van der Waals surface area contributed by atoms with Crippen LogP contribution in [-0.2, 0) is 26.2 Å². The Bertz CT molecular complexity index is 1370. The normalized spacial score (nSPS) is 11.9. The van der Waals surface area contributed by atoms with Gasteiger partial charge in [0.25, 0.3) is 10.0 Å². The molecule has 0 aliphatic heterocycles. The van der Waals surface area contributed by atoms with Crippen molar-refractivity contribution in [3.8, 4) is 5.75 Å². The number of ether oxygens (including phenoxy) is 1. The third kappa shape index (κ3) is 7.06. The number of sulfonamides is 1. The first-order valence-corrected chi connectivity index (χ1v) is 14.4. The first kappa shape index (κ1) is 29.5. The molecule has 2 amide bonds. The average molecular weight is 623 g/mol. The Kier molecular flexibility index (Phi) is 10.2. The Morgan fingerprint density at radius 2 is 1.71 bits per heavy atom. The van der Waals surface area contributed by atoms with Crippen LogP contribution in [0.3, 0.4) is 0 Å². The van der Waals surface area contributed by atoms with Crippen molar-refractivity contribution >= 4 is 55.1 Å². The van der Waals surface area contributed by atoms with Crippen LogP contribution in [-0.4, -0.2) is 51.4 Å². The highest BCUT2D eigenvalue weighted by Gasteiger charge is 2.32. The SMILES string of the molecule is CCNC(=O)[C@H](C)N(Cc1ccc(Br)cc1)C(=O)CN(c1ccc(OC)c(Cl)c1)S(=O)(=O)c1ccccc1. The monoisotopic (exact) mass is 621 g/mol. The van der Waals surface area contributed by atoms with E-state index >= 15 is 0 Å². The highest BCUT2D eigenvalue weighted by Crippen LogP contribution is 2.32. The van der Waals surface area contributed by atoms with Crippen LogP contribution in [0.5, 0.6) is 5.75 Å². The maximum atomic E-state index is 13.8. The van der Waals surface area contributed by atoms with Crippen LogP contribution in [0.15, 0.2) is 82.2 Å². The Balaban J connectivity index is 2.04. The number of anilines is 1. The summed E-state index contributed by atoms with van der Waals surface area (Å²) in [5.41, 5.74) is 0.963. The molecular weight excluding hydrogens is 594 g/mol. The molecule has 1 atom stereocenters. The van der Waals surface area contributed by atoms with Gasteiger partial charge in [-0.1, -0.05) is 57.9 Å². The second-order valence-electron chi connectivity index (χ2n) is 8.36. The smallest absolute Gasteiger partial charge is 0.264 e. The first-order chi connectivity index (χ1) is 18.1. The molecule has 11 heteroatoms. The molecular formula is C27H29BrClN3O5S. The number of hydrogen-bond acceptors (Lipinski definition) is 5. The maximum absolute atomic E-state index is 13.8. The quantitative estimate of drug-likeness (QED) is 0.330. The lowest BCUT2D eigenvalue weighted by molar-refractivity contribution is -0.139. The van der Waals surface area contributed by atoms with Gasteiger partial charge in [-0.05, 0) is 61.9 Å². The van der Waals surface area contributed by atoms with Crippen LogP contribution in [0.1, 0.15) is 19.4 Å². The van der Waals surface area contributed by atoms with E-state index < -0.39 is 28.5 Å². The summed E-state index contributed by atoms with van der Waals surface area (Å²) in [5, 5.41) is 2.92. The molecule has 0 aliphatic rings. The van der Waals surface area contributed by atoms with Crippen LogP contribution in [0.25, 0.3) is 0 Å². The Hall–Kier alpha value is -3.08. The minimum absolute atomic E-state index is 0.0102. The summed E-state index contributed by atoms with van der Waals surface area (Å²) in [4.78, 5) is 27.9. The summed E-state index contributed by atoms with van der Waals surface area (Å²) < 4.78 is 34.6. The topological polar surface area (TPSA) is 96.0 Å². The number of amides is 2. The van der Waals surface area contributed by atoms with Crippen molar-refractivity contribution < 1.29 is 22.7 Å². The first-order valence-electron chi connectivity index (χ1n) is 11.8. The number of rotatable bonds is 11. The molecule has 0 heterocycles. The van der Waals surface area contributed by atoms with Gasteiger partial charge in [-0.3, -0.25) is 13.9 Å². The molecule has 3 rings (SSSR count). The summed E-state index contributed by atoms with van der Waals surface area (Å²) in [6, 6.07) is 18.8. The molecule has 0 aromatic heterocycles. The molecule has 8 nitrogen and oxygen atoms in total. The zero-order chi connectivity index (χ0) is 27.9. The van der Waals surface area contributed by atoms with Gasteiger partial charge in [-0.25, -0.2) is 8.42 Å². The lowest BCUT2D eigenvalue weighted by Crippen LogP contribution is -2.51. The maximum Gasteiger partial charge on any atom is 0.264 e. The molecule has 0 radical (unpaired) electrons. The third-order valence-corrected chi connectivity index (χ3v) is 8.43. The van der Waals surface area contributed by atoms with Crippen molar-refractivity contribution in [2.75, 3.05) is 24.5 Å². The molecule has 0 saturated carbocycles. The van der Waals surface area contributed by atoms with Gasteiger partial charge in [-0.15, -0.1) is 0 Å². The fraction of sp³-hybridized carbons (Fsp3) is 0.259. The molecule has 0 fully saturated rings. The van der Waals surface area contributed by atoms with Gasteiger partial charge < -0.3 is 15.0 Å². The lowest BCUT2D eigenvalue weighted by Gasteiger charge is -2.32. The number of nitrogens with one attached hydrogen (secondary N) is 1. The van der Waals surface area contributed by atoms with Gasteiger partial charge in [-0.2, -0.15) is 0 Å². The van der Waals surface area contributed by atoms with Crippen LogP contribution >= 0.6 is 27.5 Å². The van der Waals surface area contributed by atoms with E-state index in [4.69, 9.17) is 16.3 Å². The Morgan fingerprint density at radius 3 is 2.29 bits per heavy atom.